The predicted molar refractivity (Wildman–Crippen MR) is 128 cm³/mol. The summed E-state index contributed by atoms with van der Waals surface area (Å²) in [6.45, 7) is 4.91. The molecule has 0 aromatic heterocycles. The quantitative estimate of drug-likeness (QED) is 0.569. The minimum Gasteiger partial charge on any atom is -0.352 e. The highest BCUT2D eigenvalue weighted by Crippen LogP contribution is 2.28. The van der Waals surface area contributed by atoms with Crippen LogP contribution in [0.2, 0.25) is 10.0 Å². The van der Waals surface area contributed by atoms with E-state index in [1.807, 2.05) is 44.2 Å². The topological polar surface area (TPSA) is 86.8 Å². The van der Waals surface area contributed by atoms with Gasteiger partial charge in [-0.2, -0.15) is 0 Å². The van der Waals surface area contributed by atoms with E-state index in [9.17, 15) is 18.0 Å². The van der Waals surface area contributed by atoms with Crippen LogP contribution in [0.5, 0.6) is 0 Å². The molecule has 10 heteroatoms. The molecule has 0 heterocycles. The maximum absolute atomic E-state index is 13.3. The van der Waals surface area contributed by atoms with Gasteiger partial charge in [-0.05, 0) is 44.5 Å². The number of carbonyl (C=O) groups excluding carboxylic acids is 2. The first-order valence-electron chi connectivity index (χ1n) is 9.96. The average Bonchev–Trinajstić information content (AvgIpc) is 2.71. The second-order valence-corrected chi connectivity index (χ2v) is 10.4. The van der Waals surface area contributed by atoms with E-state index >= 15 is 0 Å². The molecule has 174 valence electrons. The summed E-state index contributed by atoms with van der Waals surface area (Å²) in [6, 6.07) is 12.6. The molecule has 0 aliphatic carbocycles. The molecule has 1 N–H and O–H groups in total. The summed E-state index contributed by atoms with van der Waals surface area (Å²) >= 11 is 12.0. The number of rotatable bonds is 9. The van der Waals surface area contributed by atoms with Crippen LogP contribution in [0.1, 0.15) is 26.3 Å². The van der Waals surface area contributed by atoms with E-state index in [1.165, 1.54) is 23.1 Å². The maximum Gasteiger partial charge on any atom is 0.244 e. The molecular weight excluding hydrogens is 473 g/mol. The Kier molecular flexibility index (Phi) is 8.95. The van der Waals surface area contributed by atoms with Crippen LogP contribution in [0.15, 0.2) is 48.5 Å². The standard InChI is InChI=1S/C22H27Cl2N3O4S/c1-15(2)25-22(29)16(3)26(13-17-8-6-5-7-9-17)21(28)14-27(32(4,30)31)18-10-11-19(23)20(24)12-18/h5-12,15-16H,13-14H2,1-4H3,(H,25,29)/t16-/m0/s1. The zero-order valence-electron chi connectivity index (χ0n) is 18.4. The summed E-state index contributed by atoms with van der Waals surface area (Å²) < 4.78 is 25.9. The van der Waals surface area contributed by atoms with Crippen molar-refractivity contribution in [1.82, 2.24) is 10.2 Å². The number of hydrogen-bond acceptors (Lipinski definition) is 4. The number of amides is 2. The monoisotopic (exact) mass is 499 g/mol. The second-order valence-electron chi connectivity index (χ2n) is 7.71. The van der Waals surface area contributed by atoms with E-state index < -0.39 is 28.5 Å². The number of anilines is 1. The minimum atomic E-state index is -3.83. The first kappa shape index (κ1) is 26.0. The zero-order valence-corrected chi connectivity index (χ0v) is 20.7. The van der Waals surface area contributed by atoms with Crippen LogP contribution in [0.4, 0.5) is 5.69 Å². The molecule has 2 aromatic carbocycles. The Bertz CT molecular complexity index is 1060. The van der Waals surface area contributed by atoms with Crippen LogP contribution in [0.3, 0.4) is 0 Å². The van der Waals surface area contributed by atoms with Gasteiger partial charge in [-0.1, -0.05) is 53.5 Å². The molecule has 2 rings (SSSR count). The van der Waals surface area contributed by atoms with Gasteiger partial charge in [0.2, 0.25) is 21.8 Å². The molecule has 32 heavy (non-hydrogen) atoms. The third-order valence-electron chi connectivity index (χ3n) is 4.66. The second kappa shape index (κ2) is 11.0. The van der Waals surface area contributed by atoms with Crippen molar-refractivity contribution in [3.8, 4) is 0 Å². The number of nitrogens with one attached hydrogen (secondary N) is 1. The molecule has 0 aliphatic rings. The molecule has 2 amide bonds. The Morgan fingerprint density at radius 1 is 1.00 bits per heavy atom. The van der Waals surface area contributed by atoms with E-state index in [-0.39, 0.29) is 34.2 Å². The third-order valence-corrected chi connectivity index (χ3v) is 6.54. The molecular formula is C22H27Cl2N3O4S. The summed E-state index contributed by atoms with van der Waals surface area (Å²) in [4.78, 5) is 27.4. The molecule has 0 saturated heterocycles. The van der Waals surface area contributed by atoms with Crippen molar-refractivity contribution in [2.24, 2.45) is 0 Å². The first-order chi connectivity index (χ1) is 14.9. The van der Waals surface area contributed by atoms with Crippen LogP contribution in [-0.4, -0.2) is 50.0 Å². The molecule has 0 aliphatic heterocycles. The molecule has 7 nitrogen and oxygen atoms in total. The fourth-order valence-corrected chi connectivity index (χ4v) is 4.16. The van der Waals surface area contributed by atoms with Crippen LogP contribution in [0, 0.1) is 0 Å². The molecule has 0 radical (unpaired) electrons. The Balaban J connectivity index is 2.38. The fourth-order valence-electron chi connectivity index (χ4n) is 3.02. The van der Waals surface area contributed by atoms with Gasteiger partial charge in [-0.25, -0.2) is 8.42 Å². The number of halogens is 2. The van der Waals surface area contributed by atoms with E-state index in [4.69, 9.17) is 23.2 Å². The van der Waals surface area contributed by atoms with E-state index in [0.29, 0.717) is 0 Å². The Labute approximate surface area is 199 Å². The summed E-state index contributed by atoms with van der Waals surface area (Å²) in [7, 11) is -3.83. The molecule has 0 bridgehead atoms. The van der Waals surface area contributed by atoms with E-state index in [0.717, 1.165) is 16.1 Å². The van der Waals surface area contributed by atoms with Crippen molar-refractivity contribution in [2.75, 3.05) is 17.1 Å². The number of sulfonamides is 1. The van der Waals surface area contributed by atoms with Gasteiger partial charge in [0.25, 0.3) is 0 Å². The normalized spacial score (nSPS) is 12.3. The lowest BCUT2D eigenvalue weighted by Crippen LogP contribution is -2.52. The van der Waals surface area contributed by atoms with Crippen LogP contribution >= 0.6 is 23.2 Å². The fraction of sp³-hybridized carbons (Fsp3) is 0.364. The molecule has 0 unspecified atom stereocenters. The van der Waals surface area contributed by atoms with Gasteiger partial charge in [-0.15, -0.1) is 0 Å². The highest BCUT2D eigenvalue weighted by molar-refractivity contribution is 7.92. The SMILES string of the molecule is CC(C)NC(=O)[C@H](C)N(Cc1ccccc1)C(=O)CN(c1ccc(Cl)c(Cl)c1)S(C)(=O)=O. The smallest absolute Gasteiger partial charge is 0.244 e. The average molecular weight is 500 g/mol. The van der Waals surface area contributed by atoms with Gasteiger partial charge in [0.15, 0.2) is 0 Å². The first-order valence-corrected chi connectivity index (χ1v) is 12.6. The number of carbonyl (C=O) groups is 2. The summed E-state index contributed by atoms with van der Waals surface area (Å²) in [5.41, 5.74) is 1.01. The minimum absolute atomic E-state index is 0.109. The van der Waals surface area contributed by atoms with Gasteiger partial charge in [0, 0.05) is 12.6 Å². The van der Waals surface area contributed by atoms with Crippen LogP contribution in [-0.2, 0) is 26.2 Å². The lowest BCUT2D eigenvalue weighted by atomic mass is 10.1. The van der Waals surface area contributed by atoms with Crippen molar-refractivity contribution >= 4 is 50.7 Å². The summed E-state index contributed by atoms with van der Waals surface area (Å²) in [6.07, 6.45) is 0.999. The van der Waals surface area contributed by atoms with Gasteiger partial charge in [-0.3, -0.25) is 13.9 Å². The summed E-state index contributed by atoms with van der Waals surface area (Å²) in [5.74, 6) is -0.860. The zero-order chi connectivity index (χ0) is 24.1. The Morgan fingerprint density at radius 2 is 1.62 bits per heavy atom. The van der Waals surface area contributed by atoms with Gasteiger partial charge in [0.1, 0.15) is 12.6 Å². The van der Waals surface area contributed by atoms with Crippen molar-refractivity contribution in [2.45, 2.75) is 39.4 Å². The van der Waals surface area contributed by atoms with Gasteiger partial charge in [0.05, 0.1) is 22.0 Å². The molecule has 2 aromatic rings. The van der Waals surface area contributed by atoms with Crippen molar-refractivity contribution < 1.29 is 18.0 Å². The maximum atomic E-state index is 13.3. The van der Waals surface area contributed by atoms with Crippen molar-refractivity contribution in [3.05, 3.63) is 64.1 Å². The molecule has 0 spiro atoms. The largest absolute Gasteiger partial charge is 0.352 e. The van der Waals surface area contributed by atoms with Crippen LogP contribution in [0.25, 0.3) is 0 Å². The van der Waals surface area contributed by atoms with Gasteiger partial charge >= 0.3 is 0 Å². The van der Waals surface area contributed by atoms with E-state index in [2.05, 4.69) is 5.32 Å². The number of nitrogens with zero attached hydrogens (tertiary/aromatic N) is 2. The van der Waals surface area contributed by atoms with Crippen molar-refractivity contribution in [1.29, 1.82) is 0 Å². The van der Waals surface area contributed by atoms with Crippen molar-refractivity contribution in [3.63, 3.8) is 0 Å². The Hall–Kier alpha value is -2.29. The Morgan fingerprint density at radius 3 is 2.16 bits per heavy atom. The van der Waals surface area contributed by atoms with E-state index in [1.54, 1.807) is 6.92 Å². The third kappa shape index (κ3) is 7.12. The number of benzene rings is 2. The molecule has 1 atom stereocenters. The van der Waals surface area contributed by atoms with Gasteiger partial charge < -0.3 is 10.2 Å². The lowest BCUT2D eigenvalue weighted by Gasteiger charge is -2.32. The highest BCUT2D eigenvalue weighted by atomic mass is 35.5. The predicted octanol–water partition coefficient (Wildman–Crippen LogP) is 3.70. The number of hydrogen-bond donors (Lipinski definition) is 1. The lowest BCUT2D eigenvalue weighted by molar-refractivity contribution is -0.139. The highest BCUT2D eigenvalue weighted by Gasteiger charge is 2.30. The summed E-state index contributed by atoms with van der Waals surface area (Å²) in [5, 5.41) is 3.22. The molecule has 0 fully saturated rings. The van der Waals surface area contributed by atoms with Crippen LogP contribution < -0.4 is 9.62 Å². The molecule has 0 saturated carbocycles.